The molecule has 1 rings (SSSR count). The summed E-state index contributed by atoms with van der Waals surface area (Å²) in [5.74, 6) is 0.702. The number of carbonyl (C=O) groups excluding carboxylic acids is 1. The average molecular weight is 201 g/mol. The van der Waals surface area contributed by atoms with E-state index in [2.05, 4.69) is 10.1 Å². The van der Waals surface area contributed by atoms with Gasteiger partial charge in [0.2, 0.25) is 0 Å². The minimum absolute atomic E-state index is 0.233. The highest BCUT2D eigenvalue weighted by atomic mass is 16.5. The molecule has 2 unspecified atom stereocenters. The lowest BCUT2D eigenvalue weighted by atomic mass is 9.97. The van der Waals surface area contributed by atoms with Crippen molar-refractivity contribution >= 4 is 5.97 Å². The Bertz CT molecular complexity index is 184. The van der Waals surface area contributed by atoms with Gasteiger partial charge < -0.3 is 15.2 Å². The number of rotatable bonds is 5. The Kier molecular flexibility index (Phi) is 4.90. The van der Waals surface area contributed by atoms with E-state index in [0.29, 0.717) is 11.8 Å². The fourth-order valence-electron chi connectivity index (χ4n) is 2.05. The number of aliphatic hydroxyl groups excluding tert-OH is 1. The minimum atomic E-state index is -0.233. The van der Waals surface area contributed by atoms with Crippen molar-refractivity contribution < 1.29 is 14.6 Å². The Labute approximate surface area is 84.6 Å². The Hall–Kier alpha value is -0.610. The zero-order chi connectivity index (χ0) is 10.4. The molecule has 14 heavy (non-hydrogen) atoms. The van der Waals surface area contributed by atoms with Crippen molar-refractivity contribution in [2.24, 2.45) is 11.8 Å². The molecule has 2 N–H and O–H groups in total. The van der Waals surface area contributed by atoms with Crippen LogP contribution in [0.3, 0.4) is 0 Å². The van der Waals surface area contributed by atoms with Crippen molar-refractivity contribution in [1.82, 2.24) is 5.32 Å². The van der Waals surface area contributed by atoms with Gasteiger partial charge in [-0.1, -0.05) is 6.42 Å². The van der Waals surface area contributed by atoms with E-state index in [1.165, 1.54) is 13.5 Å². The number of nitrogens with one attached hydrogen (secondary N) is 1. The third kappa shape index (κ3) is 3.27. The van der Waals surface area contributed by atoms with Crippen LogP contribution in [0.1, 0.15) is 19.3 Å². The van der Waals surface area contributed by atoms with Crippen molar-refractivity contribution in [2.75, 3.05) is 26.8 Å². The van der Waals surface area contributed by atoms with Crippen LogP contribution in [-0.2, 0) is 9.53 Å². The molecular formula is C10H19NO3. The van der Waals surface area contributed by atoms with Crippen molar-refractivity contribution in [3.8, 4) is 0 Å². The minimum Gasteiger partial charge on any atom is -0.468 e. The lowest BCUT2D eigenvalue weighted by molar-refractivity contribution is -0.139. The summed E-state index contributed by atoms with van der Waals surface area (Å²) in [6, 6.07) is 0. The van der Waals surface area contributed by atoms with E-state index in [-0.39, 0.29) is 19.1 Å². The molecule has 1 aliphatic carbocycles. The van der Waals surface area contributed by atoms with Crippen LogP contribution in [0.25, 0.3) is 0 Å². The summed E-state index contributed by atoms with van der Waals surface area (Å²) in [5, 5.41) is 12.1. The van der Waals surface area contributed by atoms with Gasteiger partial charge in [-0.2, -0.15) is 0 Å². The highest BCUT2D eigenvalue weighted by Crippen LogP contribution is 2.30. The number of ether oxygens (including phenoxy) is 1. The van der Waals surface area contributed by atoms with Crippen molar-refractivity contribution in [1.29, 1.82) is 0 Å². The fraction of sp³-hybridized carbons (Fsp3) is 0.900. The summed E-state index contributed by atoms with van der Waals surface area (Å²) in [6.45, 7) is 1.34. The molecular weight excluding hydrogens is 182 g/mol. The van der Waals surface area contributed by atoms with E-state index in [9.17, 15) is 4.79 Å². The molecule has 0 bridgehead atoms. The molecule has 0 saturated heterocycles. The van der Waals surface area contributed by atoms with E-state index < -0.39 is 0 Å². The standard InChI is InChI=1S/C10H19NO3/c1-14-10(13)6-11-5-8-3-2-4-9(8)7-12/h8-9,11-12H,2-7H2,1H3. The van der Waals surface area contributed by atoms with Gasteiger partial charge in [0.15, 0.2) is 0 Å². The lowest BCUT2D eigenvalue weighted by Crippen LogP contribution is -2.31. The van der Waals surface area contributed by atoms with E-state index in [0.717, 1.165) is 19.4 Å². The van der Waals surface area contributed by atoms with Crippen molar-refractivity contribution in [2.45, 2.75) is 19.3 Å². The van der Waals surface area contributed by atoms with Gasteiger partial charge in [-0.3, -0.25) is 4.79 Å². The van der Waals surface area contributed by atoms with Crippen LogP contribution < -0.4 is 5.32 Å². The van der Waals surface area contributed by atoms with Gasteiger partial charge in [-0.25, -0.2) is 0 Å². The molecule has 82 valence electrons. The maximum Gasteiger partial charge on any atom is 0.319 e. The molecule has 0 aromatic carbocycles. The van der Waals surface area contributed by atoms with E-state index in [1.54, 1.807) is 0 Å². The molecule has 0 radical (unpaired) electrons. The van der Waals surface area contributed by atoms with Crippen LogP contribution in [0.2, 0.25) is 0 Å². The summed E-state index contributed by atoms with van der Waals surface area (Å²) in [4.78, 5) is 10.8. The Balaban J connectivity index is 2.14. The molecule has 0 heterocycles. The quantitative estimate of drug-likeness (QED) is 0.622. The lowest BCUT2D eigenvalue weighted by Gasteiger charge is -2.17. The molecule has 1 saturated carbocycles. The summed E-state index contributed by atoms with van der Waals surface area (Å²) in [7, 11) is 1.39. The first kappa shape index (κ1) is 11.5. The molecule has 0 aliphatic heterocycles. The van der Waals surface area contributed by atoms with Crippen molar-refractivity contribution in [3.05, 3.63) is 0 Å². The van der Waals surface area contributed by atoms with E-state index >= 15 is 0 Å². The van der Waals surface area contributed by atoms with Crippen LogP contribution in [-0.4, -0.2) is 37.9 Å². The Morgan fingerprint density at radius 2 is 2.21 bits per heavy atom. The smallest absolute Gasteiger partial charge is 0.319 e. The predicted octanol–water partition coefficient (Wildman–Crippen LogP) is 0.158. The SMILES string of the molecule is COC(=O)CNCC1CCCC1CO. The monoisotopic (exact) mass is 201 g/mol. The van der Waals surface area contributed by atoms with Crippen LogP contribution in [0.5, 0.6) is 0 Å². The maximum atomic E-state index is 10.8. The predicted molar refractivity (Wildman–Crippen MR) is 52.8 cm³/mol. The Morgan fingerprint density at radius 1 is 1.50 bits per heavy atom. The fourth-order valence-corrected chi connectivity index (χ4v) is 2.05. The molecule has 1 fully saturated rings. The second-order valence-corrected chi connectivity index (χ2v) is 3.84. The van der Waals surface area contributed by atoms with Gasteiger partial charge in [0.05, 0.1) is 13.7 Å². The summed E-state index contributed by atoms with van der Waals surface area (Å²) in [5.41, 5.74) is 0. The number of carbonyl (C=O) groups is 1. The van der Waals surface area contributed by atoms with Crippen LogP contribution in [0.4, 0.5) is 0 Å². The second kappa shape index (κ2) is 5.98. The topological polar surface area (TPSA) is 58.6 Å². The normalized spacial score (nSPS) is 26.4. The average Bonchev–Trinajstić information content (AvgIpc) is 2.65. The summed E-state index contributed by atoms with van der Waals surface area (Å²) < 4.78 is 4.52. The summed E-state index contributed by atoms with van der Waals surface area (Å²) in [6.07, 6.45) is 3.45. The molecule has 1 aliphatic rings. The summed E-state index contributed by atoms with van der Waals surface area (Å²) >= 11 is 0. The zero-order valence-corrected chi connectivity index (χ0v) is 8.66. The largest absolute Gasteiger partial charge is 0.468 e. The highest BCUT2D eigenvalue weighted by molar-refractivity contribution is 5.71. The molecule has 0 aromatic heterocycles. The van der Waals surface area contributed by atoms with Crippen LogP contribution in [0, 0.1) is 11.8 Å². The second-order valence-electron chi connectivity index (χ2n) is 3.84. The van der Waals surface area contributed by atoms with Gasteiger partial charge in [0.1, 0.15) is 0 Å². The first-order chi connectivity index (χ1) is 6.77. The molecule has 0 amide bonds. The number of hydrogen-bond acceptors (Lipinski definition) is 4. The van der Waals surface area contributed by atoms with Gasteiger partial charge in [0, 0.05) is 6.61 Å². The maximum absolute atomic E-state index is 10.8. The molecule has 4 heteroatoms. The van der Waals surface area contributed by atoms with Crippen molar-refractivity contribution in [3.63, 3.8) is 0 Å². The molecule has 0 spiro atoms. The third-order valence-corrected chi connectivity index (χ3v) is 2.95. The first-order valence-electron chi connectivity index (χ1n) is 5.16. The highest BCUT2D eigenvalue weighted by Gasteiger charge is 2.25. The first-order valence-corrected chi connectivity index (χ1v) is 5.16. The number of esters is 1. The Morgan fingerprint density at radius 3 is 2.86 bits per heavy atom. The zero-order valence-electron chi connectivity index (χ0n) is 8.66. The van der Waals surface area contributed by atoms with E-state index in [4.69, 9.17) is 5.11 Å². The number of methoxy groups -OCH3 is 1. The molecule has 2 atom stereocenters. The third-order valence-electron chi connectivity index (χ3n) is 2.95. The van der Waals surface area contributed by atoms with Gasteiger partial charge in [-0.05, 0) is 31.2 Å². The number of aliphatic hydroxyl groups is 1. The number of hydrogen-bond donors (Lipinski definition) is 2. The molecule has 0 aromatic rings. The van der Waals surface area contributed by atoms with Gasteiger partial charge >= 0.3 is 5.97 Å². The van der Waals surface area contributed by atoms with Crippen LogP contribution >= 0.6 is 0 Å². The van der Waals surface area contributed by atoms with Gasteiger partial charge in [0.25, 0.3) is 0 Å². The van der Waals surface area contributed by atoms with Crippen LogP contribution in [0.15, 0.2) is 0 Å². The van der Waals surface area contributed by atoms with Gasteiger partial charge in [-0.15, -0.1) is 0 Å². The molecule has 4 nitrogen and oxygen atoms in total. The van der Waals surface area contributed by atoms with E-state index in [1.807, 2.05) is 0 Å².